The molecule has 10 heteroatoms. The standard InChI is InChI=1S/C22H26FN5O3S/c23-15-9-25-22-26-13-3-1-2-11(6-13)16(31-5-4-29)10-32-17-8-12-7-14(17)19(18(12)20(24)30)27-21(15)28-22/h1-3,6,9,12,14,16-19,29H,4-5,7-8,10H2,(H2,24,30)(H2,25,26,27,28)/t12-,14+,16?,17+,18-,19+/m0/s1. The van der Waals surface area contributed by atoms with Crippen molar-refractivity contribution in [1.29, 1.82) is 0 Å². The van der Waals surface area contributed by atoms with E-state index in [0.717, 1.165) is 30.3 Å². The van der Waals surface area contributed by atoms with Crippen LogP contribution < -0.4 is 16.4 Å². The number of nitrogens with one attached hydrogen (secondary N) is 2. The first-order chi connectivity index (χ1) is 15.5. The molecule has 5 rings (SSSR count). The first-order valence-corrected chi connectivity index (χ1v) is 11.9. The Morgan fingerprint density at radius 2 is 2.25 bits per heavy atom. The lowest BCUT2D eigenvalue weighted by Gasteiger charge is -2.35. The molecule has 2 heterocycles. The number of anilines is 3. The van der Waals surface area contributed by atoms with Crippen LogP contribution in [0.1, 0.15) is 24.5 Å². The lowest BCUT2D eigenvalue weighted by molar-refractivity contribution is -0.123. The third-order valence-electron chi connectivity index (χ3n) is 6.71. The van der Waals surface area contributed by atoms with E-state index < -0.39 is 5.82 Å². The molecule has 0 radical (unpaired) electrons. The summed E-state index contributed by atoms with van der Waals surface area (Å²) in [6.07, 6.45) is 2.70. The molecule has 6 bridgehead atoms. The number of aromatic nitrogens is 2. The van der Waals surface area contributed by atoms with E-state index in [1.165, 1.54) is 0 Å². The predicted octanol–water partition coefficient (Wildman–Crippen LogP) is 2.45. The minimum atomic E-state index is -0.566. The molecule has 1 aliphatic heterocycles. The zero-order valence-corrected chi connectivity index (χ0v) is 18.2. The highest BCUT2D eigenvalue weighted by Gasteiger charge is 2.55. The van der Waals surface area contributed by atoms with E-state index in [1.54, 1.807) is 0 Å². The lowest BCUT2D eigenvalue weighted by atomic mass is 9.83. The summed E-state index contributed by atoms with van der Waals surface area (Å²) in [6, 6.07) is 7.46. The van der Waals surface area contributed by atoms with E-state index in [9.17, 15) is 14.3 Å². The molecule has 2 fully saturated rings. The van der Waals surface area contributed by atoms with E-state index in [2.05, 4.69) is 20.6 Å². The van der Waals surface area contributed by atoms with Gasteiger partial charge in [-0.3, -0.25) is 4.79 Å². The Hall–Kier alpha value is -2.43. The molecule has 2 saturated carbocycles. The maximum absolute atomic E-state index is 14.6. The Bertz CT molecular complexity index is 1010. The molecule has 1 unspecified atom stereocenters. The van der Waals surface area contributed by atoms with Crippen molar-refractivity contribution < 1.29 is 19.0 Å². The van der Waals surface area contributed by atoms with E-state index in [-0.39, 0.29) is 60.8 Å². The Morgan fingerprint density at radius 1 is 1.38 bits per heavy atom. The molecule has 2 aromatic rings. The van der Waals surface area contributed by atoms with Gasteiger partial charge in [0, 0.05) is 22.7 Å². The maximum Gasteiger partial charge on any atom is 0.229 e. The topological polar surface area (TPSA) is 122 Å². The average molecular weight is 460 g/mol. The summed E-state index contributed by atoms with van der Waals surface area (Å²) in [5.74, 6) is 0.0963. The summed E-state index contributed by atoms with van der Waals surface area (Å²) in [4.78, 5) is 20.7. The van der Waals surface area contributed by atoms with Crippen LogP contribution in [0, 0.1) is 23.6 Å². The first-order valence-electron chi connectivity index (χ1n) is 10.8. The lowest BCUT2D eigenvalue weighted by Crippen LogP contribution is -2.46. The monoisotopic (exact) mass is 459 g/mol. The number of ether oxygens (including phenoxy) is 1. The minimum Gasteiger partial charge on any atom is -0.394 e. The van der Waals surface area contributed by atoms with Crippen molar-refractivity contribution >= 4 is 35.1 Å². The molecular formula is C22H26FN5O3S. The predicted molar refractivity (Wildman–Crippen MR) is 120 cm³/mol. The molecule has 5 N–H and O–H groups in total. The van der Waals surface area contributed by atoms with Gasteiger partial charge in [-0.25, -0.2) is 9.37 Å². The molecule has 2 aliphatic carbocycles. The molecule has 8 nitrogen and oxygen atoms in total. The van der Waals surface area contributed by atoms with Crippen molar-refractivity contribution in [2.24, 2.45) is 23.5 Å². The van der Waals surface area contributed by atoms with Crippen LogP contribution in [0.4, 0.5) is 21.8 Å². The van der Waals surface area contributed by atoms with Gasteiger partial charge in [-0.2, -0.15) is 16.7 Å². The van der Waals surface area contributed by atoms with Crippen molar-refractivity contribution in [3.63, 3.8) is 0 Å². The Balaban J connectivity index is 1.53. The second-order valence-electron chi connectivity index (χ2n) is 8.59. The molecule has 3 aliphatic rings. The van der Waals surface area contributed by atoms with E-state index in [1.807, 2.05) is 36.0 Å². The molecular weight excluding hydrogens is 433 g/mol. The molecule has 6 atom stereocenters. The summed E-state index contributed by atoms with van der Waals surface area (Å²) >= 11 is 1.81. The molecule has 32 heavy (non-hydrogen) atoms. The van der Waals surface area contributed by atoms with Crippen LogP contribution in [0.15, 0.2) is 30.5 Å². The van der Waals surface area contributed by atoms with Gasteiger partial charge in [0.2, 0.25) is 11.9 Å². The number of carbonyl (C=O) groups is 1. The van der Waals surface area contributed by atoms with Crippen LogP contribution in [0.2, 0.25) is 0 Å². The van der Waals surface area contributed by atoms with Gasteiger partial charge in [0.25, 0.3) is 0 Å². The van der Waals surface area contributed by atoms with Gasteiger partial charge in [0.15, 0.2) is 11.6 Å². The SMILES string of the molecule is NC(=O)[C@H]1[C@H]2C[C@H]3[C@H]1Nc1nc(ncc1F)Nc1cccc(c1)C(OCCO)CS[C@@H]3C2. The van der Waals surface area contributed by atoms with Crippen LogP contribution in [0.5, 0.6) is 0 Å². The highest BCUT2D eigenvalue weighted by Crippen LogP contribution is 2.54. The van der Waals surface area contributed by atoms with Gasteiger partial charge in [0.1, 0.15) is 0 Å². The summed E-state index contributed by atoms with van der Waals surface area (Å²) in [6.45, 7) is 0.198. The quantitative estimate of drug-likeness (QED) is 0.550. The number of benzene rings is 1. The number of aliphatic hydroxyl groups is 1. The smallest absolute Gasteiger partial charge is 0.229 e. The fraction of sp³-hybridized carbons (Fsp3) is 0.500. The van der Waals surface area contributed by atoms with Gasteiger partial charge >= 0.3 is 0 Å². The van der Waals surface area contributed by atoms with Crippen molar-refractivity contribution in [3.05, 3.63) is 41.8 Å². The van der Waals surface area contributed by atoms with Crippen LogP contribution in [-0.2, 0) is 9.53 Å². The summed E-state index contributed by atoms with van der Waals surface area (Å²) < 4.78 is 20.5. The van der Waals surface area contributed by atoms with Crippen LogP contribution in [0.3, 0.4) is 0 Å². The number of hydrogen-bond donors (Lipinski definition) is 4. The fourth-order valence-electron chi connectivity index (χ4n) is 5.38. The third kappa shape index (κ3) is 4.02. The fourth-order valence-corrected chi connectivity index (χ4v) is 7.00. The van der Waals surface area contributed by atoms with Crippen molar-refractivity contribution in [1.82, 2.24) is 9.97 Å². The Morgan fingerprint density at radius 3 is 3.06 bits per heavy atom. The molecule has 0 saturated heterocycles. The number of rotatable bonds is 4. The number of halogens is 1. The van der Waals surface area contributed by atoms with Crippen LogP contribution >= 0.6 is 11.8 Å². The van der Waals surface area contributed by atoms with Gasteiger partial charge < -0.3 is 26.2 Å². The Kier molecular flexibility index (Phi) is 5.92. The molecule has 1 aromatic carbocycles. The van der Waals surface area contributed by atoms with Crippen LogP contribution in [-0.4, -0.2) is 51.2 Å². The summed E-state index contributed by atoms with van der Waals surface area (Å²) in [5, 5.41) is 15.9. The van der Waals surface area contributed by atoms with Gasteiger partial charge in [0.05, 0.1) is 31.4 Å². The number of hydrogen-bond acceptors (Lipinski definition) is 8. The van der Waals surface area contributed by atoms with Crippen molar-refractivity contribution in [3.8, 4) is 0 Å². The largest absolute Gasteiger partial charge is 0.394 e. The van der Waals surface area contributed by atoms with Gasteiger partial charge in [-0.05, 0) is 42.4 Å². The van der Waals surface area contributed by atoms with Crippen LogP contribution in [0.25, 0.3) is 0 Å². The second kappa shape index (κ2) is 8.84. The first kappa shape index (κ1) is 21.4. The summed E-state index contributed by atoms with van der Waals surface area (Å²) in [5.41, 5.74) is 7.47. The number of carbonyl (C=O) groups excluding carboxylic acids is 1. The number of nitrogens with zero attached hydrogens (tertiary/aromatic N) is 2. The number of nitrogens with two attached hydrogens (primary N) is 1. The highest BCUT2D eigenvalue weighted by atomic mass is 32.2. The molecule has 170 valence electrons. The highest BCUT2D eigenvalue weighted by molar-refractivity contribution is 7.99. The molecule has 1 aromatic heterocycles. The molecule has 0 spiro atoms. The number of primary amides is 1. The van der Waals surface area contributed by atoms with E-state index in [4.69, 9.17) is 10.5 Å². The maximum atomic E-state index is 14.6. The third-order valence-corrected chi connectivity index (χ3v) is 8.17. The minimum absolute atomic E-state index is 0.0499. The second-order valence-corrected chi connectivity index (χ2v) is 9.86. The summed E-state index contributed by atoms with van der Waals surface area (Å²) in [7, 11) is 0. The number of thioether (sulfide) groups is 1. The molecule has 1 amide bonds. The number of amides is 1. The Labute approximate surface area is 189 Å². The van der Waals surface area contributed by atoms with Crippen molar-refractivity contribution in [2.75, 3.05) is 29.6 Å². The average Bonchev–Trinajstić information content (AvgIpc) is 3.34. The normalized spacial score (nSPS) is 30.8. The zero-order valence-electron chi connectivity index (χ0n) is 17.4. The zero-order chi connectivity index (χ0) is 22.2. The number of aliphatic hydroxyl groups excluding tert-OH is 1. The van der Waals surface area contributed by atoms with E-state index >= 15 is 0 Å². The van der Waals surface area contributed by atoms with E-state index in [0.29, 0.717) is 11.0 Å². The number of fused-ring (bicyclic) bond motifs is 5. The van der Waals surface area contributed by atoms with Gasteiger partial charge in [-0.1, -0.05) is 12.1 Å². The van der Waals surface area contributed by atoms with Gasteiger partial charge in [-0.15, -0.1) is 0 Å². The van der Waals surface area contributed by atoms with Crippen molar-refractivity contribution in [2.45, 2.75) is 30.2 Å².